The quantitative estimate of drug-likeness (QED) is 0.0895. The van der Waals surface area contributed by atoms with Crippen molar-refractivity contribution >= 4 is 11.6 Å². The molecule has 0 spiro atoms. The van der Waals surface area contributed by atoms with Crippen molar-refractivity contribution in [3.05, 3.63) is 0 Å². The molecule has 1 unspecified atom stereocenters. The number of hydrogen-bond acceptors (Lipinski definition) is 3. The molecule has 0 aromatic heterocycles. The Morgan fingerprint density at radius 2 is 0.794 bits per heavy atom. The van der Waals surface area contributed by atoms with Crippen LogP contribution in [0.25, 0.3) is 0 Å². The summed E-state index contributed by atoms with van der Waals surface area (Å²) in [6, 6.07) is 0. The van der Waals surface area contributed by atoms with Crippen molar-refractivity contribution in [1.29, 1.82) is 0 Å². The topological polar surface area (TPSA) is 54.4 Å². The van der Waals surface area contributed by atoms with Crippen LogP contribution in [-0.2, 0) is 9.59 Å². The summed E-state index contributed by atoms with van der Waals surface area (Å²) in [7, 11) is 0. The van der Waals surface area contributed by atoms with Crippen LogP contribution >= 0.6 is 0 Å². The van der Waals surface area contributed by atoms with E-state index in [0.717, 1.165) is 64.2 Å². The Morgan fingerprint density at radius 1 is 0.471 bits per heavy atom. The zero-order valence-corrected chi connectivity index (χ0v) is 23.2. The van der Waals surface area contributed by atoms with Gasteiger partial charge in [-0.15, -0.1) is 0 Å². The number of ketones is 2. The summed E-state index contributed by atoms with van der Waals surface area (Å²) in [6.07, 6.45) is 29.0. The van der Waals surface area contributed by atoms with Crippen molar-refractivity contribution in [3.8, 4) is 0 Å². The van der Waals surface area contributed by atoms with Gasteiger partial charge in [0.15, 0.2) is 0 Å². The summed E-state index contributed by atoms with van der Waals surface area (Å²) >= 11 is 0. The molecule has 0 fully saturated rings. The number of carbonyl (C=O) groups is 2. The minimum atomic E-state index is -0.116. The number of unbranched alkanes of at least 4 members (excludes halogenated alkanes) is 18. The summed E-state index contributed by atoms with van der Waals surface area (Å²) in [6.45, 7) is 4.43. The van der Waals surface area contributed by atoms with Gasteiger partial charge in [-0.05, 0) is 25.7 Å². The van der Waals surface area contributed by atoms with Gasteiger partial charge >= 0.3 is 0 Å². The number of hydrogen-bond donors (Lipinski definition) is 1. The third-order valence-electron chi connectivity index (χ3n) is 7.09. The van der Waals surface area contributed by atoms with Crippen LogP contribution in [0.3, 0.4) is 0 Å². The van der Waals surface area contributed by atoms with Crippen molar-refractivity contribution in [2.75, 3.05) is 0 Å². The van der Waals surface area contributed by atoms with Crippen LogP contribution in [0, 0.1) is 0 Å². The maximum atomic E-state index is 12.0. The molecule has 202 valence electrons. The maximum absolute atomic E-state index is 12.0. The van der Waals surface area contributed by atoms with Crippen LogP contribution in [0.4, 0.5) is 0 Å². The second-order valence-corrected chi connectivity index (χ2v) is 10.7. The van der Waals surface area contributed by atoms with Crippen LogP contribution in [0.5, 0.6) is 0 Å². The van der Waals surface area contributed by atoms with Crippen LogP contribution in [0.2, 0.25) is 0 Å². The maximum Gasteiger partial charge on any atom is 0.140 e. The molecule has 34 heavy (non-hydrogen) atoms. The Morgan fingerprint density at radius 3 is 1.21 bits per heavy atom. The predicted molar refractivity (Wildman–Crippen MR) is 147 cm³/mol. The van der Waals surface area contributed by atoms with E-state index in [1.807, 2.05) is 0 Å². The Kier molecular flexibility index (Phi) is 26.3. The molecular formula is C31H60O3. The third kappa shape index (κ3) is 25.9. The number of Topliss-reactive ketones (excluding diaryl/α,β-unsaturated/α-hetero) is 2. The first-order valence-corrected chi connectivity index (χ1v) is 15.3. The number of carbonyl (C=O) groups excluding carboxylic acids is 2. The van der Waals surface area contributed by atoms with Crippen molar-refractivity contribution in [1.82, 2.24) is 0 Å². The molecule has 0 saturated carbocycles. The second kappa shape index (κ2) is 26.9. The van der Waals surface area contributed by atoms with Gasteiger partial charge in [-0.1, -0.05) is 136 Å². The molecule has 0 rings (SSSR count). The highest BCUT2D eigenvalue weighted by Gasteiger charge is 2.09. The molecule has 0 aliphatic carbocycles. The van der Waals surface area contributed by atoms with Crippen LogP contribution in [0.15, 0.2) is 0 Å². The zero-order chi connectivity index (χ0) is 25.1. The van der Waals surface area contributed by atoms with Gasteiger partial charge in [-0.25, -0.2) is 0 Å². The van der Waals surface area contributed by atoms with Crippen molar-refractivity contribution < 1.29 is 14.7 Å². The van der Waals surface area contributed by atoms with E-state index in [4.69, 9.17) is 0 Å². The smallest absolute Gasteiger partial charge is 0.140 e. The number of rotatable bonds is 28. The van der Waals surface area contributed by atoms with E-state index in [-0.39, 0.29) is 24.1 Å². The Labute approximate surface area is 213 Å². The standard InChI is InChI=1S/C31H60O3/c1-3-5-7-8-9-10-11-12-13-14-15-19-22-26-30(33)28-31(34)27-23-20-17-16-18-21-25-29(32)24-6-4-2/h29,32H,3-28H2,1-2H3. The largest absolute Gasteiger partial charge is 0.393 e. The van der Waals surface area contributed by atoms with E-state index in [1.54, 1.807) is 0 Å². The SMILES string of the molecule is CCCCCCCCCCCCCCCC(=O)CC(=O)CCCCCCCCC(O)CCCC. The highest BCUT2D eigenvalue weighted by molar-refractivity contribution is 5.98. The average molecular weight is 481 g/mol. The predicted octanol–water partition coefficient (Wildman–Crippen LogP) is 9.67. The molecule has 1 N–H and O–H groups in total. The van der Waals surface area contributed by atoms with Gasteiger partial charge in [0.25, 0.3) is 0 Å². The lowest BCUT2D eigenvalue weighted by molar-refractivity contribution is -0.127. The average Bonchev–Trinajstić information content (AvgIpc) is 2.82. The van der Waals surface area contributed by atoms with Gasteiger partial charge in [0.2, 0.25) is 0 Å². The molecule has 0 amide bonds. The van der Waals surface area contributed by atoms with Gasteiger partial charge < -0.3 is 5.11 Å². The van der Waals surface area contributed by atoms with E-state index in [9.17, 15) is 14.7 Å². The van der Waals surface area contributed by atoms with Gasteiger partial charge in [0, 0.05) is 12.8 Å². The van der Waals surface area contributed by atoms with Crippen molar-refractivity contribution in [2.24, 2.45) is 0 Å². The Balaban J connectivity index is 3.35. The van der Waals surface area contributed by atoms with E-state index < -0.39 is 0 Å². The molecule has 0 heterocycles. The first kappa shape index (κ1) is 33.3. The monoisotopic (exact) mass is 480 g/mol. The van der Waals surface area contributed by atoms with E-state index in [2.05, 4.69) is 13.8 Å². The number of aliphatic hydroxyl groups is 1. The fourth-order valence-corrected chi connectivity index (χ4v) is 4.73. The van der Waals surface area contributed by atoms with Gasteiger partial charge in [-0.3, -0.25) is 9.59 Å². The van der Waals surface area contributed by atoms with Crippen LogP contribution in [0.1, 0.15) is 181 Å². The lowest BCUT2D eigenvalue weighted by atomic mass is 10.0. The number of aliphatic hydroxyl groups excluding tert-OH is 1. The summed E-state index contributed by atoms with van der Waals surface area (Å²) in [5.41, 5.74) is 0. The normalized spacial score (nSPS) is 12.2. The molecule has 0 aromatic carbocycles. The molecule has 0 saturated heterocycles. The minimum Gasteiger partial charge on any atom is -0.393 e. The molecule has 0 aliphatic rings. The molecule has 0 aliphatic heterocycles. The lowest BCUT2D eigenvalue weighted by Gasteiger charge is -2.09. The second-order valence-electron chi connectivity index (χ2n) is 10.7. The first-order chi connectivity index (χ1) is 16.6. The van der Waals surface area contributed by atoms with Crippen molar-refractivity contribution in [3.63, 3.8) is 0 Å². The zero-order valence-electron chi connectivity index (χ0n) is 23.2. The molecular weight excluding hydrogens is 420 g/mol. The van der Waals surface area contributed by atoms with E-state index >= 15 is 0 Å². The molecule has 0 aromatic rings. The van der Waals surface area contributed by atoms with Gasteiger partial charge in [0.05, 0.1) is 12.5 Å². The summed E-state index contributed by atoms with van der Waals surface area (Å²) in [4.78, 5) is 24.1. The minimum absolute atomic E-state index is 0.116. The molecule has 3 heteroatoms. The van der Waals surface area contributed by atoms with Crippen molar-refractivity contribution in [2.45, 2.75) is 187 Å². The fourth-order valence-electron chi connectivity index (χ4n) is 4.73. The molecule has 0 radical (unpaired) electrons. The van der Waals surface area contributed by atoms with Crippen LogP contribution < -0.4 is 0 Å². The molecule has 1 atom stereocenters. The van der Waals surface area contributed by atoms with Crippen LogP contribution in [-0.4, -0.2) is 22.8 Å². The summed E-state index contributed by atoms with van der Waals surface area (Å²) in [5.74, 6) is 0.286. The summed E-state index contributed by atoms with van der Waals surface area (Å²) < 4.78 is 0. The third-order valence-corrected chi connectivity index (χ3v) is 7.09. The van der Waals surface area contributed by atoms with E-state index in [0.29, 0.717) is 12.8 Å². The Hall–Kier alpha value is -0.700. The fraction of sp³-hybridized carbons (Fsp3) is 0.935. The van der Waals surface area contributed by atoms with Gasteiger partial charge in [-0.2, -0.15) is 0 Å². The van der Waals surface area contributed by atoms with Gasteiger partial charge in [0.1, 0.15) is 11.6 Å². The van der Waals surface area contributed by atoms with E-state index in [1.165, 1.54) is 83.5 Å². The highest BCUT2D eigenvalue weighted by atomic mass is 16.3. The Bertz CT molecular complexity index is 446. The highest BCUT2D eigenvalue weighted by Crippen LogP contribution is 2.15. The molecule has 3 nitrogen and oxygen atoms in total. The first-order valence-electron chi connectivity index (χ1n) is 15.3. The summed E-state index contributed by atoms with van der Waals surface area (Å²) in [5, 5.41) is 9.84. The lowest BCUT2D eigenvalue weighted by Crippen LogP contribution is -2.07. The molecule has 0 bridgehead atoms.